The third-order valence-electron chi connectivity index (χ3n) is 4.46. The molecule has 3 nitrogen and oxygen atoms in total. The average Bonchev–Trinajstić information content (AvgIpc) is 2.59. The van der Waals surface area contributed by atoms with Crippen LogP contribution in [0, 0.1) is 12.7 Å². The summed E-state index contributed by atoms with van der Waals surface area (Å²) in [7, 11) is 0. The van der Waals surface area contributed by atoms with Gasteiger partial charge in [-0.15, -0.1) is 13.2 Å². The highest BCUT2D eigenvalue weighted by atomic mass is 19.4. The minimum atomic E-state index is -4.72. The topological polar surface area (TPSA) is 24.5 Å². The molecule has 0 spiro atoms. The molecule has 0 bridgehead atoms. The monoisotopic (exact) mass is 368 g/mol. The molecule has 2 aromatic rings. The Kier molecular flexibility index (Phi) is 5.48. The molecule has 2 aromatic carbocycles. The van der Waals surface area contributed by atoms with Gasteiger partial charge in [0.15, 0.2) is 0 Å². The molecule has 3 rings (SSSR count). The fraction of sp³-hybridized carbons (Fsp3) is 0.368. The van der Waals surface area contributed by atoms with Crippen LogP contribution in [0.15, 0.2) is 42.5 Å². The average molecular weight is 368 g/mol. The number of piperazine rings is 1. The van der Waals surface area contributed by atoms with Crippen molar-refractivity contribution in [3.63, 3.8) is 0 Å². The molecule has 0 saturated carbocycles. The second-order valence-electron chi connectivity index (χ2n) is 6.31. The quantitative estimate of drug-likeness (QED) is 0.825. The molecule has 1 aliphatic heterocycles. The van der Waals surface area contributed by atoms with E-state index in [2.05, 4.69) is 15.0 Å². The van der Waals surface area contributed by atoms with Crippen molar-refractivity contribution in [3.05, 3.63) is 65.0 Å². The van der Waals surface area contributed by atoms with Gasteiger partial charge in [0.05, 0.1) is 6.04 Å². The van der Waals surface area contributed by atoms with Gasteiger partial charge in [0.1, 0.15) is 11.6 Å². The summed E-state index contributed by atoms with van der Waals surface area (Å²) in [5.41, 5.74) is 2.13. The lowest BCUT2D eigenvalue weighted by Gasteiger charge is -2.35. The molecule has 7 heteroatoms. The molecule has 1 heterocycles. The zero-order chi connectivity index (χ0) is 18.7. The van der Waals surface area contributed by atoms with Crippen molar-refractivity contribution in [2.75, 3.05) is 26.2 Å². The van der Waals surface area contributed by atoms with Crippen molar-refractivity contribution >= 4 is 0 Å². The number of rotatable bonds is 4. The summed E-state index contributed by atoms with van der Waals surface area (Å²) in [5, 5.41) is 3.27. The van der Waals surface area contributed by atoms with Crippen LogP contribution in [-0.4, -0.2) is 37.4 Å². The maximum absolute atomic E-state index is 14.1. The number of halogens is 4. The number of hydrogen-bond donors (Lipinski definition) is 1. The number of aryl methyl sites for hydroxylation is 1. The second kappa shape index (κ2) is 7.63. The van der Waals surface area contributed by atoms with E-state index >= 15 is 0 Å². The molecule has 1 saturated heterocycles. The Hall–Kier alpha value is -2.12. The summed E-state index contributed by atoms with van der Waals surface area (Å²) >= 11 is 0. The fourth-order valence-electron chi connectivity index (χ4n) is 3.19. The molecular formula is C19H20F4N2O. The number of alkyl halides is 3. The van der Waals surface area contributed by atoms with E-state index in [1.807, 2.05) is 6.07 Å². The van der Waals surface area contributed by atoms with Crippen LogP contribution in [0.4, 0.5) is 17.6 Å². The summed E-state index contributed by atoms with van der Waals surface area (Å²) in [6, 6.07) is 10.7. The highest BCUT2D eigenvalue weighted by Crippen LogP contribution is 2.32. The number of hydrogen-bond acceptors (Lipinski definition) is 3. The highest BCUT2D eigenvalue weighted by Gasteiger charge is 2.31. The Balaban J connectivity index is 1.93. The van der Waals surface area contributed by atoms with E-state index in [0.29, 0.717) is 5.56 Å². The molecule has 26 heavy (non-hydrogen) atoms. The molecule has 1 atom stereocenters. The first-order valence-electron chi connectivity index (χ1n) is 8.40. The van der Waals surface area contributed by atoms with Gasteiger partial charge in [-0.3, -0.25) is 4.90 Å². The molecule has 0 aromatic heterocycles. The summed E-state index contributed by atoms with van der Waals surface area (Å²) in [5.74, 6) is -0.560. The standard InChI is InChI=1S/C19H20F4N2O/c1-13-2-3-15(12-17(13)20)18(25-10-8-24-9-11-25)14-4-6-16(7-5-14)26-19(21,22)23/h2-7,12,18,24H,8-11H2,1H3/t18-/m0/s1. The number of nitrogens with zero attached hydrogens (tertiary/aromatic N) is 1. The van der Waals surface area contributed by atoms with Crippen molar-refractivity contribution in [1.82, 2.24) is 10.2 Å². The van der Waals surface area contributed by atoms with Crippen molar-refractivity contribution < 1.29 is 22.3 Å². The van der Waals surface area contributed by atoms with Gasteiger partial charge in [-0.1, -0.05) is 24.3 Å². The van der Waals surface area contributed by atoms with E-state index in [4.69, 9.17) is 0 Å². The van der Waals surface area contributed by atoms with Crippen LogP contribution in [0.2, 0.25) is 0 Å². The highest BCUT2D eigenvalue weighted by molar-refractivity contribution is 5.37. The van der Waals surface area contributed by atoms with E-state index in [1.54, 1.807) is 25.1 Å². The zero-order valence-electron chi connectivity index (χ0n) is 14.3. The first kappa shape index (κ1) is 18.7. The van der Waals surface area contributed by atoms with Crippen LogP contribution in [-0.2, 0) is 0 Å². The normalized spacial score (nSPS) is 17.1. The van der Waals surface area contributed by atoms with E-state index in [1.165, 1.54) is 18.2 Å². The third kappa shape index (κ3) is 4.53. The van der Waals surface area contributed by atoms with Gasteiger partial charge < -0.3 is 10.1 Å². The van der Waals surface area contributed by atoms with E-state index in [0.717, 1.165) is 37.3 Å². The van der Waals surface area contributed by atoms with Gasteiger partial charge in [0, 0.05) is 26.2 Å². The van der Waals surface area contributed by atoms with Gasteiger partial charge in [0.25, 0.3) is 0 Å². The molecular weight excluding hydrogens is 348 g/mol. The Morgan fingerprint density at radius 2 is 1.62 bits per heavy atom. The van der Waals surface area contributed by atoms with Crippen molar-refractivity contribution in [1.29, 1.82) is 0 Å². The molecule has 1 fully saturated rings. The van der Waals surface area contributed by atoms with E-state index in [-0.39, 0.29) is 17.6 Å². The van der Waals surface area contributed by atoms with Crippen molar-refractivity contribution in [2.45, 2.75) is 19.3 Å². The van der Waals surface area contributed by atoms with Crippen molar-refractivity contribution in [2.24, 2.45) is 0 Å². The molecule has 0 amide bonds. The predicted molar refractivity (Wildman–Crippen MR) is 90.5 cm³/mol. The minimum absolute atomic E-state index is 0.230. The van der Waals surface area contributed by atoms with E-state index < -0.39 is 6.36 Å². The summed E-state index contributed by atoms with van der Waals surface area (Å²) in [6.07, 6.45) is -4.72. The van der Waals surface area contributed by atoms with Gasteiger partial charge in [0.2, 0.25) is 0 Å². The van der Waals surface area contributed by atoms with Crippen molar-refractivity contribution in [3.8, 4) is 5.75 Å². The predicted octanol–water partition coefficient (Wildman–Crippen LogP) is 4.03. The summed E-state index contributed by atoms with van der Waals surface area (Å²) < 4.78 is 55.1. The number of ether oxygens (including phenoxy) is 1. The smallest absolute Gasteiger partial charge is 0.406 e. The Labute approximate surface area is 149 Å². The Bertz CT molecular complexity index is 740. The largest absolute Gasteiger partial charge is 0.573 e. The lowest BCUT2D eigenvalue weighted by Crippen LogP contribution is -2.45. The Morgan fingerprint density at radius 1 is 1.00 bits per heavy atom. The molecule has 1 aliphatic rings. The maximum Gasteiger partial charge on any atom is 0.573 e. The lowest BCUT2D eigenvalue weighted by molar-refractivity contribution is -0.274. The summed E-state index contributed by atoms with van der Waals surface area (Å²) in [4.78, 5) is 2.19. The molecule has 0 aliphatic carbocycles. The van der Waals surface area contributed by atoms with Gasteiger partial charge >= 0.3 is 6.36 Å². The van der Waals surface area contributed by atoms with E-state index in [9.17, 15) is 17.6 Å². The molecule has 1 N–H and O–H groups in total. The van der Waals surface area contributed by atoms with Crippen LogP contribution < -0.4 is 10.1 Å². The van der Waals surface area contributed by atoms with Crippen LogP contribution in [0.3, 0.4) is 0 Å². The first-order valence-corrected chi connectivity index (χ1v) is 8.40. The van der Waals surface area contributed by atoms with Crippen LogP contribution in [0.5, 0.6) is 5.75 Å². The summed E-state index contributed by atoms with van der Waals surface area (Å²) in [6.45, 7) is 4.84. The number of nitrogens with one attached hydrogen (secondary N) is 1. The first-order chi connectivity index (χ1) is 12.3. The van der Waals surface area contributed by atoms with Gasteiger partial charge in [-0.2, -0.15) is 0 Å². The van der Waals surface area contributed by atoms with Crippen LogP contribution in [0.1, 0.15) is 22.7 Å². The number of benzene rings is 2. The van der Waals surface area contributed by atoms with Crippen LogP contribution in [0.25, 0.3) is 0 Å². The fourth-order valence-corrected chi connectivity index (χ4v) is 3.19. The Morgan fingerprint density at radius 3 is 2.19 bits per heavy atom. The minimum Gasteiger partial charge on any atom is -0.406 e. The molecule has 0 radical (unpaired) electrons. The molecule has 140 valence electrons. The van der Waals surface area contributed by atoms with Gasteiger partial charge in [-0.05, 0) is 41.8 Å². The third-order valence-corrected chi connectivity index (χ3v) is 4.46. The maximum atomic E-state index is 14.1. The SMILES string of the molecule is Cc1ccc([C@H](c2ccc(OC(F)(F)F)cc2)N2CCNCC2)cc1F. The molecule has 0 unspecified atom stereocenters. The van der Waals surface area contributed by atoms with Gasteiger partial charge in [-0.25, -0.2) is 4.39 Å². The van der Waals surface area contributed by atoms with Crippen LogP contribution >= 0.6 is 0 Å². The zero-order valence-corrected chi connectivity index (χ0v) is 14.3. The second-order valence-corrected chi connectivity index (χ2v) is 6.31. The lowest BCUT2D eigenvalue weighted by atomic mass is 9.95.